The number of nitrogens with zero attached hydrogens (tertiary/aromatic N) is 1. The Morgan fingerprint density at radius 3 is 1.88 bits per heavy atom. The quantitative estimate of drug-likeness (QED) is 0.243. The Kier molecular flexibility index (Phi) is 16.7. The summed E-state index contributed by atoms with van der Waals surface area (Å²) >= 11 is 0. The SMILES string of the molecule is CCCCCCN(CCCCCC)C(=O)CCC(=O)OCCCC(C)C. The van der Waals surface area contributed by atoms with Crippen LogP contribution in [0.3, 0.4) is 0 Å². The summed E-state index contributed by atoms with van der Waals surface area (Å²) in [6, 6.07) is 0. The van der Waals surface area contributed by atoms with Gasteiger partial charge in [0.25, 0.3) is 0 Å². The van der Waals surface area contributed by atoms with Crippen molar-refractivity contribution in [2.45, 2.75) is 105 Å². The molecule has 0 radical (unpaired) electrons. The largest absolute Gasteiger partial charge is 0.466 e. The normalized spacial score (nSPS) is 11.0. The summed E-state index contributed by atoms with van der Waals surface area (Å²) in [6.45, 7) is 10.8. The molecule has 0 aromatic carbocycles. The Morgan fingerprint density at radius 2 is 1.38 bits per heavy atom. The number of amides is 1. The van der Waals surface area contributed by atoms with Crippen LogP contribution in [-0.4, -0.2) is 36.5 Å². The van der Waals surface area contributed by atoms with Gasteiger partial charge in [0.1, 0.15) is 0 Å². The van der Waals surface area contributed by atoms with Gasteiger partial charge in [0.2, 0.25) is 5.91 Å². The van der Waals surface area contributed by atoms with E-state index in [1.165, 1.54) is 38.5 Å². The lowest BCUT2D eigenvalue weighted by molar-refractivity contribution is -0.146. The van der Waals surface area contributed by atoms with Gasteiger partial charge in [-0.2, -0.15) is 0 Å². The molecule has 4 heteroatoms. The fourth-order valence-electron chi connectivity index (χ4n) is 2.94. The predicted octanol–water partition coefficient (Wildman–Crippen LogP) is 5.74. The maximum Gasteiger partial charge on any atom is 0.306 e. The molecule has 154 valence electrons. The summed E-state index contributed by atoms with van der Waals surface area (Å²) in [5.74, 6) is 0.500. The molecule has 0 N–H and O–H groups in total. The number of hydrogen-bond acceptors (Lipinski definition) is 3. The first-order valence-electron chi connectivity index (χ1n) is 10.9. The van der Waals surface area contributed by atoms with Crippen molar-refractivity contribution in [2.75, 3.05) is 19.7 Å². The highest BCUT2D eigenvalue weighted by atomic mass is 16.5. The highest BCUT2D eigenvalue weighted by Gasteiger charge is 2.15. The van der Waals surface area contributed by atoms with E-state index in [1.54, 1.807) is 0 Å². The summed E-state index contributed by atoms with van der Waals surface area (Å²) < 4.78 is 5.24. The smallest absolute Gasteiger partial charge is 0.306 e. The van der Waals surface area contributed by atoms with Crippen molar-refractivity contribution in [1.29, 1.82) is 0 Å². The number of carbonyl (C=O) groups excluding carboxylic acids is 2. The van der Waals surface area contributed by atoms with Gasteiger partial charge < -0.3 is 9.64 Å². The van der Waals surface area contributed by atoms with Crippen LogP contribution in [0.1, 0.15) is 105 Å². The predicted molar refractivity (Wildman–Crippen MR) is 109 cm³/mol. The summed E-state index contributed by atoms with van der Waals surface area (Å²) in [6.07, 6.45) is 11.8. The molecule has 0 unspecified atom stereocenters. The molecule has 0 aromatic rings. The standard InChI is InChI=1S/C22H43NO3/c1-5-7-9-11-17-23(18-12-10-8-6-2)21(24)15-16-22(25)26-19-13-14-20(3)4/h20H,5-19H2,1-4H3. The molecule has 0 fully saturated rings. The molecule has 0 aromatic heterocycles. The Bertz CT molecular complexity index is 343. The number of ether oxygens (including phenoxy) is 1. The second-order valence-corrected chi connectivity index (χ2v) is 7.76. The van der Waals surface area contributed by atoms with Gasteiger partial charge in [0, 0.05) is 19.5 Å². The monoisotopic (exact) mass is 369 g/mol. The highest BCUT2D eigenvalue weighted by molar-refractivity contribution is 5.81. The maximum atomic E-state index is 12.5. The summed E-state index contributed by atoms with van der Waals surface area (Å²) in [4.78, 5) is 26.3. The number of unbranched alkanes of at least 4 members (excludes halogenated alkanes) is 6. The minimum absolute atomic E-state index is 0.108. The lowest BCUT2D eigenvalue weighted by atomic mass is 10.1. The molecule has 0 spiro atoms. The third-order valence-corrected chi connectivity index (χ3v) is 4.65. The second-order valence-electron chi connectivity index (χ2n) is 7.76. The molecule has 0 bridgehead atoms. The Hall–Kier alpha value is -1.06. The van der Waals surface area contributed by atoms with Gasteiger partial charge >= 0.3 is 5.97 Å². The van der Waals surface area contributed by atoms with E-state index >= 15 is 0 Å². The zero-order chi connectivity index (χ0) is 19.6. The van der Waals surface area contributed by atoms with E-state index < -0.39 is 0 Å². The van der Waals surface area contributed by atoms with Crippen LogP contribution in [0.15, 0.2) is 0 Å². The number of esters is 1. The van der Waals surface area contributed by atoms with E-state index in [-0.39, 0.29) is 24.7 Å². The van der Waals surface area contributed by atoms with Crippen molar-refractivity contribution in [3.05, 3.63) is 0 Å². The minimum Gasteiger partial charge on any atom is -0.466 e. The van der Waals surface area contributed by atoms with Crippen molar-refractivity contribution in [3.63, 3.8) is 0 Å². The molecule has 4 nitrogen and oxygen atoms in total. The third kappa shape index (κ3) is 15.2. The van der Waals surface area contributed by atoms with Gasteiger partial charge in [-0.15, -0.1) is 0 Å². The first kappa shape index (κ1) is 24.9. The van der Waals surface area contributed by atoms with E-state index in [4.69, 9.17) is 4.74 Å². The van der Waals surface area contributed by atoms with E-state index in [0.29, 0.717) is 12.5 Å². The Balaban J connectivity index is 4.13. The molecule has 1 amide bonds. The third-order valence-electron chi connectivity index (χ3n) is 4.65. The fraction of sp³-hybridized carbons (Fsp3) is 0.909. The average molecular weight is 370 g/mol. The van der Waals surface area contributed by atoms with Crippen LogP contribution in [0.4, 0.5) is 0 Å². The molecule has 0 aliphatic carbocycles. The molecule has 0 atom stereocenters. The van der Waals surface area contributed by atoms with Crippen LogP contribution in [-0.2, 0) is 14.3 Å². The topological polar surface area (TPSA) is 46.6 Å². The van der Waals surface area contributed by atoms with Crippen LogP contribution < -0.4 is 0 Å². The lowest BCUT2D eigenvalue weighted by Crippen LogP contribution is -2.33. The van der Waals surface area contributed by atoms with Gasteiger partial charge in [-0.05, 0) is 31.6 Å². The Morgan fingerprint density at radius 1 is 0.808 bits per heavy atom. The van der Waals surface area contributed by atoms with Crippen molar-refractivity contribution < 1.29 is 14.3 Å². The summed E-state index contributed by atoms with van der Waals surface area (Å²) in [5.41, 5.74) is 0. The van der Waals surface area contributed by atoms with Crippen molar-refractivity contribution in [1.82, 2.24) is 4.90 Å². The van der Waals surface area contributed by atoms with E-state index in [2.05, 4.69) is 27.7 Å². The maximum absolute atomic E-state index is 12.5. The first-order chi connectivity index (χ1) is 12.5. The summed E-state index contributed by atoms with van der Waals surface area (Å²) in [7, 11) is 0. The molecular weight excluding hydrogens is 326 g/mol. The highest BCUT2D eigenvalue weighted by Crippen LogP contribution is 2.09. The zero-order valence-electron chi connectivity index (χ0n) is 17.9. The van der Waals surface area contributed by atoms with Crippen LogP contribution in [0.25, 0.3) is 0 Å². The van der Waals surface area contributed by atoms with Crippen LogP contribution in [0.5, 0.6) is 0 Å². The van der Waals surface area contributed by atoms with Crippen molar-refractivity contribution >= 4 is 11.9 Å². The van der Waals surface area contributed by atoms with Crippen LogP contribution >= 0.6 is 0 Å². The van der Waals surface area contributed by atoms with Gasteiger partial charge in [-0.1, -0.05) is 66.2 Å². The molecule has 0 aliphatic rings. The van der Waals surface area contributed by atoms with Crippen molar-refractivity contribution in [2.24, 2.45) is 5.92 Å². The lowest BCUT2D eigenvalue weighted by Gasteiger charge is -2.23. The Labute approximate surface area is 162 Å². The molecule has 0 heterocycles. The van der Waals surface area contributed by atoms with Crippen molar-refractivity contribution in [3.8, 4) is 0 Å². The number of hydrogen-bond donors (Lipinski definition) is 0. The second kappa shape index (κ2) is 17.4. The molecule has 0 aliphatic heterocycles. The van der Waals surface area contributed by atoms with Gasteiger partial charge in [-0.25, -0.2) is 0 Å². The number of rotatable bonds is 17. The van der Waals surface area contributed by atoms with E-state index in [1.807, 2.05) is 4.90 Å². The van der Waals surface area contributed by atoms with Gasteiger partial charge in [-0.3, -0.25) is 9.59 Å². The van der Waals surface area contributed by atoms with Gasteiger partial charge in [0.15, 0.2) is 0 Å². The zero-order valence-corrected chi connectivity index (χ0v) is 17.9. The van der Waals surface area contributed by atoms with E-state index in [0.717, 1.165) is 38.8 Å². The van der Waals surface area contributed by atoms with E-state index in [9.17, 15) is 9.59 Å². The minimum atomic E-state index is -0.237. The summed E-state index contributed by atoms with van der Waals surface area (Å²) in [5, 5.41) is 0. The van der Waals surface area contributed by atoms with Crippen LogP contribution in [0, 0.1) is 5.92 Å². The molecule has 26 heavy (non-hydrogen) atoms. The average Bonchev–Trinajstić information content (AvgIpc) is 2.61. The fourth-order valence-corrected chi connectivity index (χ4v) is 2.94. The molecular formula is C22H43NO3. The van der Waals surface area contributed by atoms with Crippen LogP contribution in [0.2, 0.25) is 0 Å². The molecule has 0 saturated heterocycles. The molecule has 0 saturated carbocycles. The number of carbonyl (C=O) groups is 2. The van der Waals surface area contributed by atoms with Gasteiger partial charge in [0.05, 0.1) is 13.0 Å². The first-order valence-corrected chi connectivity index (χ1v) is 10.9. The molecule has 0 rings (SSSR count).